The number of ether oxygens (including phenoxy) is 1. The van der Waals surface area contributed by atoms with Gasteiger partial charge in [0.2, 0.25) is 5.91 Å². The van der Waals surface area contributed by atoms with Crippen molar-refractivity contribution in [3.8, 4) is 0 Å². The number of halogens is 1. The third-order valence-corrected chi connectivity index (χ3v) is 3.79. The summed E-state index contributed by atoms with van der Waals surface area (Å²) in [6.45, 7) is 7.75. The number of rotatable bonds is 8. The predicted octanol–water partition coefficient (Wildman–Crippen LogP) is 2.96. The van der Waals surface area contributed by atoms with E-state index in [1.165, 1.54) is 0 Å². The minimum Gasteiger partial charge on any atom is -0.378 e. The number of amides is 1. The van der Waals surface area contributed by atoms with E-state index in [1.54, 1.807) is 0 Å². The molecule has 0 aromatic rings. The van der Waals surface area contributed by atoms with E-state index in [0.717, 1.165) is 25.9 Å². The van der Waals surface area contributed by atoms with Crippen molar-refractivity contribution in [2.45, 2.75) is 52.6 Å². The molecule has 106 valence electrons. The van der Waals surface area contributed by atoms with Crippen molar-refractivity contribution in [3.63, 3.8) is 0 Å². The standard InChI is InChI=1S/C14H26ClNO2/c1-4-18-12-7-11(8-12)9-13(17)16-10-14(2,3)5-6-15/h11-12H,4-10H2,1-3H3,(H,16,17). The molecule has 1 saturated carbocycles. The highest BCUT2D eigenvalue weighted by Crippen LogP contribution is 2.32. The molecule has 1 aliphatic rings. The van der Waals surface area contributed by atoms with E-state index < -0.39 is 0 Å². The summed E-state index contributed by atoms with van der Waals surface area (Å²) in [6.07, 6.45) is 4.02. The Morgan fingerprint density at radius 1 is 1.44 bits per heavy atom. The first-order chi connectivity index (χ1) is 8.46. The molecular weight excluding hydrogens is 250 g/mol. The molecule has 0 aliphatic heterocycles. The molecule has 0 atom stereocenters. The topological polar surface area (TPSA) is 38.3 Å². The van der Waals surface area contributed by atoms with Crippen molar-refractivity contribution >= 4 is 17.5 Å². The lowest BCUT2D eigenvalue weighted by atomic mass is 9.79. The van der Waals surface area contributed by atoms with Crippen molar-refractivity contribution < 1.29 is 9.53 Å². The first kappa shape index (κ1) is 15.8. The first-order valence-electron chi connectivity index (χ1n) is 6.91. The van der Waals surface area contributed by atoms with Gasteiger partial charge in [0.05, 0.1) is 6.10 Å². The Morgan fingerprint density at radius 2 is 2.11 bits per heavy atom. The van der Waals surface area contributed by atoms with Crippen LogP contribution in [-0.4, -0.2) is 31.0 Å². The maximum Gasteiger partial charge on any atom is 0.220 e. The zero-order valence-electron chi connectivity index (χ0n) is 11.8. The molecule has 0 saturated heterocycles. The molecule has 1 aliphatic carbocycles. The minimum absolute atomic E-state index is 0.0882. The smallest absolute Gasteiger partial charge is 0.220 e. The van der Waals surface area contributed by atoms with Gasteiger partial charge in [0.1, 0.15) is 0 Å². The quantitative estimate of drug-likeness (QED) is 0.692. The molecule has 0 unspecified atom stereocenters. The molecule has 0 aromatic carbocycles. The van der Waals surface area contributed by atoms with Crippen LogP contribution in [0, 0.1) is 11.3 Å². The molecule has 0 radical (unpaired) electrons. The third-order valence-electron chi connectivity index (χ3n) is 3.60. The van der Waals surface area contributed by atoms with Crippen molar-refractivity contribution in [2.24, 2.45) is 11.3 Å². The molecule has 0 aromatic heterocycles. The summed E-state index contributed by atoms with van der Waals surface area (Å²) in [5, 5.41) is 3.02. The minimum atomic E-state index is 0.0882. The summed E-state index contributed by atoms with van der Waals surface area (Å²) in [6, 6.07) is 0. The van der Waals surface area contributed by atoms with Crippen LogP contribution >= 0.6 is 11.6 Å². The maximum absolute atomic E-state index is 11.8. The lowest BCUT2D eigenvalue weighted by Gasteiger charge is -2.34. The average molecular weight is 276 g/mol. The monoisotopic (exact) mass is 275 g/mol. The van der Waals surface area contributed by atoms with Crippen molar-refractivity contribution in [1.82, 2.24) is 5.32 Å². The number of carbonyl (C=O) groups excluding carboxylic acids is 1. The van der Waals surface area contributed by atoms with E-state index in [9.17, 15) is 4.79 Å². The molecule has 0 heterocycles. The van der Waals surface area contributed by atoms with Gasteiger partial charge in [-0.25, -0.2) is 0 Å². The van der Waals surface area contributed by atoms with Gasteiger partial charge in [0, 0.05) is 25.5 Å². The van der Waals surface area contributed by atoms with Gasteiger partial charge >= 0.3 is 0 Å². The number of alkyl halides is 1. The van der Waals surface area contributed by atoms with Crippen LogP contribution in [0.15, 0.2) is 0 Å². The Bertz CT molecular complexity index is 263. The van der Waals surface area contributed by atoms with Crippen LogP contribution in [0.2, 0.25) is 0 Å². The van der Waals surface area contributed by atoms with Crippen LogP contribution < -0.4 is 5.32 Å². The van der Waals surface area contributed by atoms with Gasteiger partial charge in [-0.1, -0.05) is 13.8 Å². The highest BCUT2D eigenvalue weighted by Gasteiger charge is 2.31. The SMILES string of the molecule is CCOC1CC(CC(=O)NCC(C)(C)CCCl)C1. The van der Waals surface area contributed by atoms with Crippen LogP contribution in [0.5, 0.6) is 0 Å². The Morgan fingerprint density at radius 3 is 2.67 bits per heavy atom. The molecular formula is C14H26ClNO2. The Hall–Kier alpha value is -0.280. The number of hydrogen-bond acceptors (Lipinski definition) is 2. The number of carbonyl (C=O) groups is 1. The maximum atomic E-state index is 11.8. The molecule has 0 spiro atoms. The van der Waals surface area contributed by atoms with E-state index in [2.05, 4.69) is 19.2 Å². The Balaban J connectivity index is 2.12. The van der Waals surface area contributed by atoms with Gasteiger partial charge in [-0.2, -0.15) is 0 Å². The second kappa shape index (κ2) is 7.34. The third kappa shape index (κ3) is 5.57. The van der Waals surface area contributed by atoms with Crippen molar-refractivity contribution in [1.29, 1.82) is 0 Å². The zero-order chi connectivity index (χ0) is 13.6. The summed E-state index contributed by atoms with van der Waals surface area (Å²) in [5.41, 5.74) is 0.0882. The van der Waals surface area contributed by atoms with E-state index >= 15 is 0 Å². The second-order valence-corrected chi connectivity index (χ2v) is 6.38. The van der Waals surface area contributed by atoms with Gasteiger partial charge < -0.3 is 10.1 Å². The fraction of sp³-hybridized carbons (Fsp3) is 0.929. The van der Waals surface area contributed by atoms with Gasteiger partial charge in [0.25, 0.3) is 0 Å². The van der Waals surface area contributed by atoms with E-state index in [0.29, 0.717) is 30.9 Å². The molecule has 0 bridgehead atoms. The van der Waals surface area contributed by atoms with Crippen molar-refractivity contribution in [3.05, 3.63) is 0 Å². The summed E-state index contributed by atoms with van der Waals surface area (Å²) < 4.78 is 5.49. The molecule has 3 nitrogen and oxygen atoms in total. The largest absolute Gasteiger partial charge is 0.378 e. The number of nitrogens with one attached hydrogen (secondary N) is 1. The van der Waals surface area contributed by atoms with Gasteiger partial charge in [-0.05, 0) is 37.5 Å². The summed E-state index contributed by atoms with van der Waals surface area (Å²) in [4.78, 5) is 11.8. The normalized spacial score (nSPS) is 23.6. The molecule has 4 heteroatoms. The van der Waals surface area contributed by atoms with Crippen molar-refractivity contribution in [2.75, 3.05) is 19.0 Å². The summed E-state index contributed by atoms with van der Waals surface area (Å²) in [7, 11) is 0. The fourth-order valence-corrected chi connectivity index (χ4v) is 2.74. The lowest BCUT2D eigenvalue weighted by Crippen LogP contribution is -2.38. The van der Waals surface area contributed by atoms with E-state index in [-0.39, 0.29) is 11.3 Å². The van der Waals surface area contributed by atoms with Crippen LogP contribution in [0.4, 0.5) is 0 Å². The highest BCUT2D eigenvalue weighted by atomic mass is 35.5. The van der Waals surface area contributed by atoms with Crippen LogP contribution in [0.1, 0.15) is 46.5 Å². The van der Waals surface area contributed by atoms with Crippen LogP contribution in [0.3, 0.4) is 0 Å². The van der Waals surface area contributed by atoms with E-state index in [4.69, 9.17) is 16.3 Å². The van der Waals surface area contributed by atoms with Gasteiger partial charge in [-0.3, -0.25) is 4.79 Å². The van der Waals surface area contributed by atoms with Crippen LogP contribution in [-0.2, 0) is 9.53 Å². The average Bonchev–Trinajstić information content (AvgIpc) is 2.24. The molecule has 1 amide bonds. The number of hydrogen-bond donors (Lipinski definition) is 1. The summed E-state index contributed by atoms with van der Waals surface area (Å²) in [5.74, 6) is 1.32. The van der Waals surface area contributed by atoms with Gasteiger partial charge in [-0.15, -0.1) is 11.6 Å². The van der Waals surface area contributed by atoms with Crippen LogP contribution in [0.25, 0.3) is 0 Å². The Kier molecular flexibility index (Phi) is 6.44. The second-order valence-electron chi connectivity index (χ2n) is 6.00. The molecule has 1 fully saturated rings. The molecule has 1 rings (SSSR count). The van der Waals surface area contributed by atoms with Gasteiger partial charge in [0.15, 0.2) is 0 Å². The molecule has 18 heavy (non-hydrogen) atoms. The Labute approximate surface area is 116 Å². The zero-order valence-corrected chi connectivity index (χ0v) is 12.6. The highest BCUT2D eigenvalue weighted by molar-refractivity contribution is 6.17. The fourth-order valence-electron chi connectivity index (χ4n) is 2.23. The lowest BCUT2D eigenvalue weighted by molar-refractivity contribution is -0.124. The summed E-state index contributed by atoms with van der Waals surface area (Å²) >= 11 is 5.74. The first-order valence-corrected chi connectivity index (χ1v) is 7.44. The predicted molar refractivity (Wildman–Crippen MR) is 74.9 cm³/mol. The molecule has 1 N–H and O–H groups in total. The van der Waals surface area contributed by atoms with E-state index in [1.807, 2.05) is 6.92 Å².